The molecule has 1 aromatic heterocycles. The van der Waals surface area contributed by atoms with Crippen LogP contribution in [0, 0.1) is 11.6 Å². The first-order valence-electron chi connectivity index (χ1n) is 11.2. The lowest BCUT2D eigenvalue weighted by Crippen LogP contribution is -2.41. The first-order chi connectivity index (χ1) is 17.2. The summed E-state index contributed by atoms with van der Waals surface area (Å²) in [6, 6.07) is 19.8. The van der Waals surface area contributed by atoms with Gasteiger partial charge in [0.05, 0.1) is 0 Å². The Morgan fingerprint density at radius 3 is 1.94 bits per heavy atom. The van der Waals surface area contributed by atoms with Crippen LogP contribution in [0.4, 0.5) is 22.0 Å². The Balaban J connectivity index is 0.000000233. The molecule has 1 heterocycles. The number of H-pyrrole nitrogens is 1. The fraction of sp³-hybridized carbons (Fsp3) is 0.148. The minimum absolute atomic E-state index is 0.207. The van der Waals surface area contributed by atoms with Crippen molar-refractivity contribution in [3.05, 3.63) is 125 Å². The molecule has 0 saturated heterocycles. The molecule has 0 amide bonds. The zero-order valence-electron chi connectivity index (χ0n) is 19.2. The van der Waals surface area contributed by atoms with Crippen molar-refractivity contribution in [2.45, 2.75) is 25.3 Å². The fourth-order valence-electron chi connectivity index (χ4n) is 3.61. The van der Waals surface area contributed by atoms with Crippen LogP contribution in [-0.2, 0) is 6.42 Å². The quantitative estimate of drug-likeness (QED) is 0.149. The summed E-state index contributed by atoms with van der Waals surface area (Å²) in [5, 5.41) is 0. The lowest BCUT2D eigenvalue weighted by atomic mass is 9.38. The van der Waals surface area contributed by atoms with Crippen molar-refractivity contribution in [1.29, 1.82) is 0 Å². The van der Waals surface area contributed by atoms with E-state index >= 15 is 0 Å². The average molecular weight is 561 g/mol. The molecule has 3 aromatic carbocycles. The molecule has 186 valence electrons. The Labute approximate surface area is 215 Å². The van der Waals surface area contributed by atoms with Gasteiger partial charge < -0.3 is 4.98 Å². The van der Waals surface area contributed by atoms with Crippen molar-refractivity contribution in [2.24, 2.45) is 0 Å². The molecule has 0 atom stereocenters. The van der Waals surface area contributed by atoms with Gasteiger partial charge in [0.2, 0.25) is 6.71 Å². The Morgan fingerprint density at radius 1 is 0.861 bits per heavy atom. The zero-order chi connectivity index (χ0) is 26.0. The zero-order valence-corrected chi connectivity index (χ0v) is 20.7. The van der Waals surface area contributed by atoms with Gasteiger partial charge in [-0.2, -0.15) is 13.2 Å². The molecular weight excluding hydrogens is 538 g/mol. The molecule has 0 aliphatic rings. The van der Waals surface area contributed by atoms with Crippen molar-refractivity contribution in [1.82, 2.24) is 9.97 Å². The molecule has 0 aliphatic heterocycles. The van der Waals surface area contributed by atoms with Crippen molar-refractivity contribution in [2.75, 3.05) is 0 Å². The Morgan fingerprint density at radius 2 is 1.44 bits per heavy atom. The minimum Gasteiger partial charge on any atom is -0.348 e. The summed E-state index contributed by atoms with van der Waals surface area (Å²) in [6.07, 6.45) is 2.01. The minimum atomic E-state index is -4.33. The average Bonchev–Trinajstić information content (AvgIpc) is 3.35. The van der Waals surface area contributed by atoms with E-state index in [1.165, 1.54) is 29.8 Å². The molecule has 4 rings (SSSR count). The highest BCUT2D eigenvalue weighted by Gasteiger charge is 2.22. The highest BCUT2D eigenvalue weighted by atomic mass is 79.9. The van der Waals surface area contributed by atoms with Gasteiger partial charge in [0.1, 0.15) is 17.5 Å². The predicted octanol–water partition coefficient (Wildman–Crippen LogP) is 6.85. The number of imidazole rings is 1. The van der Waals surface area contributed by atoms with Gasteiger partial charge >= 0.3 is 6.18 Å². The van der Waals surface area contributed by atoms with E-state index < -0.39 is 6.18 Å². The molecule has 0 bridgehead atoms. The van der Waals surface area contributed by atoms with Gasteiger partial charge in [0.25, 0.3) is 0 Å². The number of benzene rings is 3. The molecule has 4 aromatic rings. The van der Waals surface area contributed by atoms with E-state index in [2.05, 4.69) is 32.0 Å². The first kappa shape index (κ1) is 27.4. The number of rotatable bonds is 7. The van der Waals surface area contributed by atoms with E-state index in [9.17, 15) is 22.0 Å². The molecular formula is C27H23BBrF5N2. The van der Waals surface area contributed by atoms with Crippen LogP contribution in [0.15, 0.2) is 102 Å². The van der Waals surface area contributed by atoms with Crippen LogP contribution in [0.3, 0.4) is 0 Å². The van der Waals surface area contributed by atoms with Gasteiger partial charge in [-0.3, -0.25) is 0 Å². The highest BCUT2D eigenvalue weighted by molar-refractivity contribution is 9.10. The molecule has 0 saturated carbocycles. The van der Waals surface area contributed by atoms with Crippen LogP contribution < -0.4 is 10.9 Å². The number of nitrogens with zero attached hydrogens (tertiary/aromatic N) is 1. The van der Waals surface area contributed by atoms with E-state index in [1.54, 1.807) is 30.5 Å². The van der Waals surface area contributed by atoms with Gasteiger partial charge in [-0.15, -0.1) is 0 Å². The van der Waals surface area contributed by atoms with Crippen molar-refractivity contribution >= 4 is 33.6 Å². The Bertz CT molecular complexity index is 1180. The van der Waals surface area contributed by atoms with E-state index in [1.807, 2.05) is 24.4 Å². The smallest absolute Gasteiger partial charge is 0.348 e. The molecule has 1 N–H and O–H groups in total. The lowest BCUT2D eigenvalue weighted by Gasteiger charge is -2.14. The number of halogens is 6. The molecule has 9 heteroatoms. The second kappa shape index (κ2) is 13.2. The summed E-state index contributed by atoms with van der Waals surface area (Å²) < 4.78 is 63.7. The van der Waals surface area contributed by atoms with E-state index in [4.69, 9.17) is 0 Å². The number of aromatic amines is 1. The number of allylic oxidation sites excluding steroid dienone is 2. The highest BCUT2D eigenvalue weighted by Crippen LogP contribution is 2.18. The molecule has 36 heavy (non-hydrogen) atoms. The van der Waals surface area contributed by atoms with E-state index in [0.717, 1.165) is 33.7 Å². The third-order valence-electron chi connectivity index (χ3n) is 5.34. The van der Waals surface area contributed by atoms with Crippen LogP contribution in [-0.4, -0.2) is 22.9 Å². The molecule has 0 unspecified atom stereocenters. The van der Waals surface area contributed by atoms with Crippen LogP contribution in [0.5, 0.6) is 0 Å². The normalized spacial score (nSPS) is 11.3. The van der Waals surface area contributed by atoms with Gasteiger partial charge in [-0.05, 0) is 42.3 Å². The second-order valence-electron chi connectivity index (χ2n) is 7.98. The summed E-state index contributed by atoms with van der Waals surface area (Å²) in [5.41, 5.74) is 2.80. The standard InChI is InChI=1S/C17H14BF5.C10H9BrN2/c19-15-7-3-13(4-8-15)18(12-2-1-11-17(21,22)23)14-5-9-16(20)10-6-14;11-9-4-2-1-3-8(9)7-10-12-5-6-13-10/h1,3-11H,2,12H2;1-6H,7H2,(H,12,13). The van der Waals surface area contributed by atoms with Crippen LogP contribution in [0.25, 0.3) is 0 Å². The fourth-order valence-corrected chi connectivity index (χ4v) is 4.04. The number of nitrogens with one attached hydrogen (secondary N) is 1. The van der Waals surface area contributed by atoms with Crippen molar-refractivity contribution in [3.8, 4) is 0 Å². The molecule has 2 nitrogen and oxygen atoms in total. The summed E-state index contributed by atoms with van der Waals surface area (Å²) in [4.78, 5) is 7.26. The Hall–Kier alpha value is -3.20. The monoisotopic (exact) mass is 560 g/mol. The lowest BCUT2D eigenvalue weighted by molar-refractivity contribution is -0.0800. The molecule has 0 radical (unpaired) electrons. The van der Waals surface area contributed by atoms with Crippen LogP contribution in [0.1, 0.15) is 17.8 Å². The molecule has 0 aliphatic carbocycles. The van der Waals surface area contributed by atoms with E-state index in [0.29, 0.717) is 6.32 Å². The second-order valence-corrected chi connectivity index (χ2v) is 8.84. The van der Waals surface area contributed by atoms with Crippen molar-refractivity contribution in [3.63, 3.8) is 0 Å². The molecule has 0 fully saturated rings. The summed E-state index contributed by atoms with van der Waals surface area (Å²) in [7, 11) is 0. The number of alkyl halides is 3. The number of hydrogen-bond acceptors (Lipinski definition) is 1. The van der Waals surface area contributed by atoms with Crippen LogP contribution in [0.2, 0.25) is 6.32 Å². The van der Waals surface area contributed by atoms with Gasteiger partial charge in [-0.1, -0.05) is 81.7 Å². The van der Waals surface area contributed by atoms with Crippen molar-refractivity contribution < 1.29 is 22.0 Å². The summed E-state index contributed by atoms with van der Waals surface area (Å²) in [5.74, 6) is 0.221. The van der Waals surface area contributed by atoms with Gasteiger partial charge in [0.15, 0.2) is 0 Å². The first-order valence-corrected chi connectivity index (χ1v) is 12.0. The maximum atomic E-state index is 13.1. The topological polar surface area (TPSA) is 28.7 Å². The van der Waals surface area contributed by atoms with E-state index in [-0.39, 0.29) is 30.8 Å². The van der Waals surface area contributed by atoms with Gasteiger partial charge in [0, 0.05) is 29.4 Å². The van der Waals surface area contributed by atoms with Crippen LogP contribution >= 0.6 is 15.9 Å². The number of aromatic nitrogens is 2. The van der Waals surface area contributed by atoms with Gasteiger partial charge in [-0.25, -0.2) is 13.8 Å². The number of hydrogen-bond donors (Lipinski definition) is 1. The predicted molar refractivity (Wildman–Crippen MR) is 138 cm³/mol. The maximum absolute atomic E-state index is 13.1. The SMILES string of the molecule is Brc1ccccc1Cc1ncc[nH]1.Fc1ccc(B(CCC=CC(F)(F)F)c2ccc(F)cc2)cc1. The summed E-state index contributed by atoms with van der Waals surface area (Å²) >= 11 is 3.50. The Kier molecular flexibility index (Phi) is 10.0. The maximum Gasteiger partial charge on any atom is 0.409 e. The molecule has 0 spiro atoms. The largest absolute Gasteiger partial charge is 0.409 e. The third-order valence-corrected chi connectivity index (χ3v) is 6.12. The summed E-state index contributed by atoms with van der Waals surface area (Å²) in [6.45, 7) is -0.228. The third kappa shape index (κ3) is 9.11.